The molecule has 6 atom stereocenters. The molecule has 1 fully saturated rings. The number of unbranched alkanes of at least 4 members (excludes halogenated alkanes) is 25. The van der Waals surface area contributed by atoms with Crippen molar-refractivity contribution in [3.05, 3.63) is 0 Å². The number of aliphatic hydroxyl groups excluding tert-OH is 3. The van der Waals surface area contributed by atoms with Crippen molar-refractivity contribution in [2.75, 3.05) is 13.2 Å². The van der Waals surface area contributed by atoms with Crippen molar-refractivity contribution in [3.63, 3.8) is 0 Å². The second-order valence-electron chi connectivity index (χ2n) is 15.2. The molecule has 1 saturated heterocycles. The zero-order valence-corrected chi connectivity index (χ0v) is 32.8. The van der Waals surface area contributed by atoms with Crippen LogP contribution in [-0.2, 0) is 14.3 Å². The highest BCUT2D eigenvalue weighted by molar-refractivity contribution is 5.81. The lowest BCUT2D eigenvalue weighted by atomic mass is 9.94. The molecule has 0 spiro atoms. The molecule has 0 radical (unpaired) electrons. The van der Waals surface area contributed by atoms with Gasteiger partial charge in [-0.3, -0.25) is 9.59 Å². The fraction of sp³-hybridized carbons (Fsp3) is 0.951. The van der Waals surface area contributed by atoms with Crippen LogP contribution in [0.4, 0.5) is 0 Å². The molecule has 1 aliphatic rings. The van der Waals surface area contributed by atoms with Gasteiger partial charge in [0.15, 0.2) is 6.23 Å². The molecule has 50 heavy (non-hydrogen) atoms. The number of carbonyl (C=O) groups excluding carboxylic acids is 2. The first-order chi connectivity index (χ1) is 24.3. The molecule has 296 valence electrons. The van der Waals surface area contributed by atoms with Crippen LogP contribution < -0.4 is 11.1 Å². The third-order valence-electron chi connectivity index (χ3n) is 10.5. The van der Waals surface area contributed by atoms with Crippen LogP contribution in [0.15, 0.2) is 0 Å². The molecule has 0 saturated carbocycles. The summed E-state index contributed by atoms with van der Waals surface area (Å²) < 4.78 is 6.07. The summed E-state index contributed by atoms with van der Waals surface area (Å²) >= 11 is 0. The summed E-state index contributed by atoms with van der Waals surface area (Å²) in [4.78, 5) is 28.0. The summed E-state index contributed by atoms with van der Waals surface area (Å²) in [6, 6.07) is -1.90. The number of hydrogen-bond donors (Lipinski definition) is 5. The van der Waals surface area contributed by atoms with Gasteiger partial charge < -0.3 is 36.0 Å². The second-order valence-corrected chi connectivity index (χ2v) is 15.2. The lowest BCUT2D eigenvalue weighted by Crippen LogP contribution is -2.69. The highest BCUT2D eigenvalue weighted by Gasteiger charge is 2.48. The zero-order valence-electron chi connectivity index (χ0n) is 32.8. The average molecular weight is 712 g/mol. The normalized spacial score (nSPS) is 21.3. The van der Waals surface area contributed by atoms with Crippen molar-refractivity contribution in [3.8, 4) is 0 Å². The van der Waals surface area contributed by atoms with Gasteiger partial charge in [-0.05, 0) is 19.8 Å². The van der Waals surface area contributed by atoms with Crippen molar-refractivity contribution in [2.45, 2.75) is 237 Å². The van der Waals surface area contributed by atoms with Crippen molar-refractivity contribution < 1.29 is 29.6 Å². The van der Waals surface area contributed by atoms with Crippen LogP contribution in [0.2, 0.25) is 0 Å². The van der Waals surface area contributed by atoms with Crippen molar-refractivity contribution in [1.29, 1.82) is 0 Å². The maximum absolute atomic E-state index is 13.8. The Hall–Kier alpha value is -1.26. The first-order valence-electron chi connectivity index (χ1n) is 21.3. The number of aliphatic hydroxyl groups is 3. The highest BCUT2D eigenvalue weighted by Crippen LogP contribution is 2.26. The summed E-state index contributed by atoms with van der Waals surface area (Å²) in [5.41, 5.74) is 5.80. The Morgan fingerprint density at radius 1 is 0.640 bits per heavy atom. The molecule has 1 aliphatic heterocycles. The number of hydrogen-bond acceptors (Lipinski definition) is 7. The van der Waals surface area contributed by atoms with Crippen LogP contribution in [0.1, 0.15) is 201 Å². The molecule has 0 aromatic heterocycles. The first kappa shape index (κ1) is 46.8. The van der Waals surface area contributed by atoms with Gasteiger partial charge >= 0.3 is 0 Å². The molecule has 1 rings (SSSR count). The van der Waals surface area contributed by atoms with Gasteiger partial charge in [0.05, 0.1) is 12.6 Å². The lowest BCUT2D eigenvalue weighted by Gasteiger charge is -2.47. The van der Waals surface area contributed by atoms with Crippen LogP contribution in [0, 0.1) is 0 Å². The number of ether oxygens (including phenoxy) is 1. The molecule has 6 N–H and O–H groups in total. The van der Waals surface area contributed by atoms with E-state index in [9.17, 15) is 24.9 Å². The van der Waals surface area contributed by atoms with E-state index < -0.39 is 49.1 Å². The van der Waals surface area contributed by atoms with Crippen LogP contribution in [0.3, 0.4) is 0 Å². The minimum absolute atomic E-state index is 0.0897. The standard InChI is InChI=1S/C41H81N3O6/c1-4-6-8-10-12-14-16-18-19-20-21-23-25-27-29-31-36(46)44(32-30-28-26-24-22-17-15-13-11-9-7-5-2)41-37(43-40(49)34(3)42)39(48)38(47)35(33-45)50-41/h34-35,37-39,41,45,47-48H,4-33,42H2,1-3H3,(H,43,49)/t34-,35+,37-,38+,39+,41+/m0/s1. The highest BCUT2D eigenvalue weighted by atomic mass is 16.5. The third-order valence-corrected chi connectivity index (χ3v) is 10.5. The minimum atomic E-state index is -1.42. The largest absolute Gasteiger partial charge is 0.394 e. The van der Waals surface area contributed by atoms with E-state index in [2.05, 4.69) is 19.2 Å². The Morgan fingerprint density at radius 3 is 1.40 bits per heavy atom. The van der Waals surface area contributed by atoms with Gasteiger partial charge in [-0.2, -0.15) is 0 Å². The van der Waals surface area contributed by atoms with Gasteiger partial charge in [-0.15, -0.1) is 0 Å². The van der Waals surface area contributed by atoms with Crippen LogP contribution in [0.5, 0.6) is 0 Å². The average Bonchev–Trinajstić information content (AvgIpc) is 3.10. The molecular formula is C41H81N3O6. The molecule has 0 bridgehead atoms. The molecule has 0 aromatic rings. The number of rotatable bonds is 33. The molecule has 1 heterocycles. The number of amides is 2. The van der Waals surface area contributed by atoms with Gasteiger partial charge in [0, 0.05) is 13.0 Å². The van der Waals surface area contributed by atoms with Gasteiger partial charge in [0.25, 0.3) is 0 Å². The molecule has 9 nitrogen and oxygen atoms in total. The molecular weight excluding hydrogens is 630 g/mol. The van der Waals surface area contributed by atoms with Crippen LogP contribution in [-0.4, -0.2) is 81.8 Å². The topological polar surface area (TPSA) is 145 Å². The SMILES string of the molecule is CCCCCCCCCCCCCCCCCC(=O)N(CCCCCCCCCCCCCC)[C@@H]1O[C@H](CO)[C@@H](O)[C@H](O)[C@@H]1NC(=O)[C@H](C)N. The smallest absolute Gasteiger partial charge is 0.237 e. The number of carbonyl (C=O) groups is 2. The third kappa shape index (κ3) is 21.3. The molecule has 0 unspecified atom stereocenters. The Bertz CT molecular complexity index is 815. The number of nitrogens with two attached hydrogens (primary N) is 1. The fourth-order valence-electron chi connectivity index (χ4n) is 7.12. The van der Waals surface area contributed by atoms with Crippen LogP contribution in [0.25, 0.3) is 0 Å². The summed E-state index contributed by atoms with van der Waals surface area (Å²) in [6.45, 7) is 5.96. The monoisotopic (exact) mass is 712 g/mol. The minimum Gasteiger partial charge on any atom is -0.394 e. The van der Waals surface area contributed by atoms with Crippen LogP contribution >= 0.6 is 0 Å². The Kier molecular flexibility index (Phi) is 29.3. The summed E-state index contributed by atoms with van der Waals surface area (Å²) in [5, 5.41) is 34.3. The maximum Gasteiger partial charge on any atom is 0.237 e. The van der Waals surface area contributed by atoms with Gasteiger partial charge in [0.1, 0.15) is 24.4 Å². The quantitative estimate of drug-likeness (QED) is 0.0433. The van der Waals surface area contributed by atoms with E-state index in [0.717, 1.165) is 38.5 Å². The Labute approximate surface area is 307 Å². The second kappa shape index (κ2) is 31.3. The van der Waals surface area contributed by atoms with Gasteiger partial charge in [-0.25, -0.2) is 0 Å². The van der Waals surface area contributed by atoms with E-state index >= 15 is 0 Å². The molecule has 0 aromatic carbocycles. The fourth-order valence-corrected chi connectivity index (χ4v) is 7.12. The molecule has 9 heteroatoms. The van der Waals surface area contributed by atoms with E-state index in [4.69, 9.17) is 10.5 Å². The summed E-state index contributed by atoms with van der Waals surface area (Å²) in [7, 11) is 0. The van der Waals surface area contributed by atoms with E-state index in [0.29, 0.717) is 13.0 Å². The maximum atomic E-state index is 13.8. The van der Waals surface area contributed by atoms with Crippen molar-refractivity contribution in [2.24, 2.45) is 5.73 Å². The van der Waals surface area contributed by atoms with E-state index in [-0.39, 0.29) is 5.91 Å². The van der Waals surface area contributed by atoms with Crippen molar-refractivity contribution >= 4 is 11.8 Å². The Balaban J connectivity index is 2.59. The predicted octanol–water partition coefficient (Wildman–Crippen LogP) is 8.05. The number of nitrogens with one attached hydrogen (secondary N) is 1. The van der Waals surface area contributed by atoms with E-state index in [1.165, 1.54) is 135 Å². The van der Waals surface area contributed by atoms with Crippen molar-refractivity contribution in [1.82, 2.24) is 10.2 Å². The molecule has 0 aliphatic carbocycles. The Morgan fingerprint density at radius 2 is 1.02 bits per heavy atom. The lowest BCUT2D eigenvalue weighted by molar-refractivity contribution is -0.231. The zero-order chi connectivity index (χ0) is 36.8. The number of nitrogens with zero attached hydrogens (tertiary/aromatic N) is 1. The molecule has 2 amide bonds. The van der Waals surface area contributed by atoms with Gasteiger partial charge in [-0.1, -0.05) is 174 Å². The van der Waals surface area contributed by atoms with E-state index in [1.54, 1.807) is 11.8 Å². The summed E-state index contributed by atoms with van der Waals surface area (Å²) in [5.74, 6) is -0.592. The summed E-state index contributed by atoms with van der Waals surface area (Å²) in [6.07, 6.45) is 28.7. The van der Waals surface area contributed by atoms with E-state index in [1.807, 2.05) is 0 Å². The first-order valence-corrected chi connectivity index (χ1v) is 21.3. The van der Waals surface area contributed by atoms with Gasteiger partial charge in [0.2, 0.25) is 11.8 Å². The predicted molar refractivity (Wildman–Crippen MR) is 206 cm³/mol.